The van der Waals surface area contributed by atoms with E-state index in [0.717, 1.165) is 12.8 Å². The van der Waals surface area contributed by atoms with E-state index in [2.05, 4.69) is 22.2 Å². The van der Waals surface area contributed by atoms with Crippen molar-refractivity contribution in [2.45, 2.75) is 32.6 Å². The van der Waals surface area contributed by atoms with Crippen LogP contribution in [0.5, 0.6) is 0 Å². The third-order valence-corrected chi connectivity index (χ3v) is 2.71. The maximum Gasteiger partial charge on any atom is 0.270 e. The molecule has 1 aliphatic heterocycles. The van der Waals surface area contributed by atoms with Gasteiger partial charge in [0.15, 0.2) is 0 Å². The number of nitrogens with zero attached hydrogens (tertiary/aromatic N) is 1. The highest BCUT2D eigenvalue weighted by atomic mass is 16.2. The third kappa shape index (κ3) is 1.98. The summed E-state index contributed by atoms with van der Waals surface area (Å²) in [4.78, 5) is 30.2. The van der Waals surface area contributed by atoms with Crippen LogP contribution in [0.15, 0.2) is 4.79 Å². The molecular weight excluding hydrogens is 206 g/mol. The zero-order chi connectivity index (χ0) is 11.5. The van der Waals surface area contributed by atoms with Crippen LogP contribution >= 0.6 is 0 Å². The minimum absolute atomic E-state index is 0.161. The second kappa shape index (κ2) is 4.47. The van der Waals surface area contributed by atoms with Gasteiger partial charge in [0.2, 0.25) is 0 Å². The van der Waals surface area contributed by atoms with Crippen LogP contribution in [0, 0.1) is 0 Å². The number of amides is 1. The van der Waals surface area contributed by atoms with Gasteiger partial charge in [0.25, 0.3) is 11.5 Å². The fourth-order valence-corrected chi connectivity index (χ4v) is 1.81. The van der Waals surface area contributed by atoms with E-state index in [-0.39, 0.29) is 11.5 Å². The number of aryl methyl sites for hydroxylation is 1. The highest BCUT2D eigenvalue weighted by Gasteiger charge is 2.21. The lowest BCUT2D eigenvalue weighted by Gasteiger charge is -2.15. The summed E-state index contributed by atoms with van der Waals surface area (Å²) < 4.78 is 0. The molecule has 5 heteroatoms. The number of unbranched alkanes of at least 4 members (excludes halogenated alkanes) is 1. The van der Waals surface area contributed by atoms with Crippen molar-refractivity contribution in [1.29, 1.82) is 0 Å². The van der Waals surface area contributed by atoms with Gasteiger partial charge in [-0.1, -0.05) is 13.3 Å². The molecule has 0 saturated carbocycles. The second-order valence-corrected chi connectivity index (χ2v) is 3.95. The van der Waals surface area contributed by atoms with E-state index in [1.54, 1.807) is 0 Å². The predicted octanol–water partition coefficient (Wildman–Crippen LogP) is 0.398. The van der Waals surface area contributed by atoms with Gasteiger partial charge in [-0.3, -0.25) is 9.59 Å². The van der Waals surface area contributed by atoms with E-state index < -0.39 is 0 Å². The summed E-state index contributed by atoms with van der Waals surface area (Å²) in [5.41, 5.74) is 0.663. The maximum atomic E-state index is 11.7. The molecule has 2 N–H and O–H groups in total. The Labute approximate surface area is 93.3 Å². The van der Waals surface area contributed by atoms with Gasteiger partial charge in [0, 0.05) is 13.0 Å². The Balaban J connectivity index is 2.39. The SMILES string of the molecule is CCCCc1nc2c(c(=O)[nH]1)CCNC2=O. The minimum Gasteiger partial charge on any atom is -0.350 e. The summed E-state index contributed by atoms with van der Waals surface area (Å²) in [6.07, 6.45) is 3.28. The summed E-state index contributed by atoms with van der Waals surface area (Å²) in [6, 6.07) is 0. The molecule has 0 radical (unpaired) electrons. The van der Waals surface area contributed by atoms with Crippen molar-refractivity contribution in [3.05, 3.63) is 27.4 Å². The lowest BCUT2D eigenvalue weighted by atomic mass is 10.1. The molecule has 0 atom stereocenters. The molecule has 2 rings (SSSR count). The first kappa shape index (κ1) is 10.9. The van der Waals surface area contributed by atoms with Gasteiger partial charge >= 0.3 is 0 Å². The highest BCUT2D eigenvalue weighted by Crippen LogP contribution is 2.07. The van der Waals surface area contributed by atoms with E-state index in [9.17, 15) is 9.59 Å². The number of hydrogen-bond acceptors (Lipinski definition) is 3. The van der Waals surface area contributed by atoms with E-state index in [1.165, 1.54) is 0 Å². The summed E-state index contributed by atoms with van der Waals surface area (Å²) >= 11 is 0. The van der Waals surface area contributed by atoms with Crippen LogP contribution in [0.3, 0.4) is 0 Å². The molecule has 0 aromatic carbocycles. The molecule has 2 heterocycles. The first-order chi connectivity index (χ1) is 7.72. The second-order valence-electron chi connectivity index (χ2n) is 3.95. The fourth-order valence-electron chi connectivity index (χ4n) is 1.81. The molecular formula is C11H15N3O2. The number of aromatic nitrogens is 2. The average molecular weight is 221 g/mol. The van der Waals surface area contributed by atoms with Gasteiger partial charge in [0.05, 0.1) is 5.56 Å². The van der Waals surface area contributed by atoms with E-state index >= 15 is 0 Å². The van der Waals surface area contributed by atoms with Gasteiger partial charge in [-0.05, 0) is 12.8 Å². The van der Waals surface area contributed by atoms with E-state index in [4.69, 9.17) is 0 Å². The van der Waals surface area contributed by atoms with Crippen LogP contribution in [0.25, 0.3) is 0 Å². The molecule has 0 unspecified atom stereocenters. The quantitative estimate of drug-likeness (QED) is 0.775. The molecule has 5 nitrogen and oxygen atoms in total. The molecule has 86 valence electrons. The number of carbonyl (C=O) groups excluding carboxylic acids is 1. The van der Waals surface area contributed by atoms with Crippen LogP contribution in [0.4, 0.5) is 0 Å². The predicted molar refractivity (Wildman–Crippen MR) is 59.5 cm³/mol. The van der Waals surface area contributed by atoms with Crippen LogP contribution in [0.2, 0.25) is 0 Å². The number of fused-ring (bicyclic) bond motifs is 1. The monoisotopic (exact) mass is 221 g/mol. The van der Waals surface area contributed by atoms with Crippen molar-refractivity contribution < 1.29 is 4.79 Å². The van der Waals surface area contributed by atoms with Crippen molar-refractivity contribution in [1.82, 2.24) is 15.3 Å². The minimum atomic E-state index is -0.231. The number of aromatic amines is 1. The Bertz CT molecular complexity index is 465. The molecule has 0 spiro atoms. The van der Waals surface area contributed by atoms with Crippen molar-refractivity contribution in [3.8, 4) is 0 Å². The van der Waals surface area contributed by atoms with Crippen LogP contribution in [0.1, 0.15) is 41.6 Å². The normalized spacial score (nSPS) is 14.4. The van der Waals surface area contributed by atoms with Gasteiger partial charge in [0.1, 0.15) is 11.5 Å². The lowest BCUT2D eigenvalue weighted by Crippen LogP contribution is -2.37. The first-order valence-electron chi connectivity index (χ1n) is 5.62. The van der Waals surface area contributed by atoms with Gasteiger partial charge in [-0.25, -0.2) is 4.98 Å². The molecule has 16 heavy (non-hydrogen) atoms. The molecule has 0 fully saturated rings. The Kier molecular flexibility index (Phi) is 3.03. The number of rotatable bonds is 3. The maximum absolute atomic E-state index is 11.7. The van der Waals surface area contributed by atoms with Crippen molar-refractivity contribution in [2.24, 2.45) is 0 Å². The van der Waals surface area contributed by atoms with Gasteiger partial charge in [-0.15, -0.1) is 0 Å². The molecule has 1 aliphatic rings. The molecule has 0 saturated heterocycles. The standard InChI is InChI=1S/C11H15N3O2/c1-2-3-4-8-13-9-7(10(15)14-8)5-6-12-11(9)16/h2-6H2,1H3,(H,12,16)(H,13,14,15). The number of H-pyrrole nitrogens is 1. The zero-order valence-electron chi connectivity index (χ0n) is 9.30. The number of hydrogen-bond donors (Lipinski definition) is 2. The molecule has 1 aromatic heterocycles. The van der Waals surface area contributed by atoms with Crippen LogP contribution < -0.4 is 10.9 Å². The number of nitrogens with one attached hydrogen (secondary N) is 2. The van der Waals surface area contributed by atoms with Crippen LogP contribution in [-0.2, 0) is 12.8 Å². The molecule has 1 amide bonds. The van der Waals surface area contributed by atoms with E-state index in [0.29, 0.717) is 36.5 Å². The third-order valence-electron chi connectivity index (χ3n) is 2.71. The van der Waals surface area contributed by atoms with Gasteiger partial charge < -0.3 is 10.3 Å². The van der Waals surface area contributed by atoms with Gasteiger partial charge in [-0.2, -0.15) is 0 Å². The number of carbonyl (C=O) groups is 1. The van der Waals surface area contributed by atoms with Crippen molar-refractivity contribution >= 4 is 5.91 Å². The van der Waals surface area contributed by atoms with E-state index in [1.807, 2.05) is 0 Å². The smallest absolute Gasteiger partial charge is 0.270 e. The summed E-state index contributed by atoms with van der Waals surface area (Å²) in [5.74, 6) is 0.382. The summed E-state index contributed by atoms with van der Waals surface area (Å²) in [5, 5.41) is 2.69. The molecule has 0 bridgehead atoms. The van der Waals surface area contributed by atoms with Crippen molar-refractivity contribution in [3.63, 3.8) is 0 Å². The molecule has 1 aromatic rings. The topological polar surface area (TPSA) is 74.8 Å². The summed E-state index contributed by atoms with van der Waals surface area (Å²) in [7, 11) is 0. The van der Waals surface area contributed by atoms with Crippen LogP contribution in [-0.4, -0.2) is 22.4 Å². The highest BCUT2D eigenvalue weighted by molar-refractivity contribution is 5.94. The zero-order valence-corrected chi connectivity index (χ0v) is 9.30. The molecule has 0 aliphatic carbocycles. The Morgan fingerprint density at radius 1 is 1.38 bits per heavy atom. The Hall–Kier alpha value is -1.65. The fraction of sp³-hybridized carbons (Fsp3) is 0.545. The Morgan fingerprint density at radius 3 is 2.94 bits per heavy atom. The Morgan fingerprint density at radius 2 is 2.19 bits per heavy atom. The van der Waals surface area contributed by atoms with Crippen molar-refractivity contribution in [2.75, 3.05) is 6.54 Å². The average Bonchev–Trinajstić information content (AvgIpc) is 2.28. The lowest BCUT2D eigenvalue weighted by molar-refractivity contribution is 0.0939. The largest absolute Gasteiger partial charge is 0.350 e. The summed E-state index contributed by atoms with van der Waals surface area (Å²) in [6.45, 7) is 2.59. The first-order valence-corrected chi connectivity index (χ1v) is 5.62.